The van der Waals surface area contributed by atoms with E-state index in [1.54, 1.807) is 6.07 Å². The Hall–Kier alpha value is -1.42. The second kappa shape index (κ2) is 6.95. The maximum absolute atomic E-state index is 12.8. The summed E-state index contributed by atoms with van der Waals surface area (Å²) in [6.07, 6.45) is 0.750. The average Bonchev–Trinajstić information content (AvgIpc) is 2.19. The van der Waals surface area contributed by atoms with Crippen molar-refractivity contribution in [3.05, 3.63) is 29.6 Å². The van der Waals surface area contributed by atoms with Gasteiger partial charge in [0, 0.05) is 26.3 Å². The third kappa shape index (κ3) is 4.56. The van der Waals surface area contributed by atoms with Crippen molar-refractivity contribution in [3.8, 4) is 0 Å². The molecule has 4 heteroatoms. The average molecular weight is 212 g/mol. The number of nitrogens with two attached hydrogens (primary N) is 1. The second-order valence-electron chi connectivity index (χ2n) is 3.11. The van der Waals surface area contributed by atoms with Crippen LogP contribution >= 0.6 is 0 Å². The van der Waals surface area contributed by atoms with Crippen LogP contribution in [-0.4, -0.2) is 20.4 Å². The maximum atomic E-state index is 12.8. The van der Waals surface area contributed by atoms with Gasteiger partial charge in [-0.15, -0.1) is 0 Å². The first-order chi connectivity index (χ1) is 7.06. The monoisotopic (exact) mass is 212 g/mol. The third-order valence-corrected chi connectivity index (χ3v) is 1.75. The Labute approximate surface area is 89.7 Å². The van der Waals surface area contributed by atoms with Gasteiger partial charge in [0.1, 0.15) is 12.1 Å². The molecule has 1 aromatic carbocycles. The Balaban J connectivity index is 0.000000583. The van der Waals surface area contributed by atoms with Gasteiger partial charge in [0.05, 0.1) is 0 Å². The summed E-state index contributed by atoms with van der Waals surface area (Å²) in [6.45, 7) is 1.88. The minimum atomic E-state index is -0.226. The van der Waals surface area contributed by atoms with E-state index in [9.17, 15) is 4.39 Å². The van der Waals surface area contributed by atoms with Gasteiger partial charge in [-0.1, -0.05) is 6.07 Å². The summed E-state index contributed by atoms with van der Waals surface area (Å²) >= 11 is 0. The van der Waals surface area contributed by atoms with E-state index in [1.807, 2.05) is 19.0 Å². The molecule has 0 radical (unpaired) electrons. The standard InChI is InChI=1S/C9H13FN2.C2H4O/c1-12(2)9-5-8(10)4-3-7(9)6-11;1-2-3/h3-5H,6,11H2,1-2H3;2H,1H3. The Morgan fingerprint density at radius 1 is 1.47 bits per heavy atom. The largest absolute Gasteiger partial charge is 0.377 e. The Kier molecular flexibility index (Phi) is 6.29. The molecular weight excluding hydrogens is 195 g/mol. The zero-order chi connectivity index (χ0) is 11.8. The Bertz CT molecular complexity index is 313. The Morgan fingerprint density at radius 2 is 2.00 bits per heavy atom. The van der Waals surface area contributed by atoms with Gasteiger partial charge >= 0.3 is 0 Å². The van der Waals surface area contributed by atoms with Gasteiger partial charge in [0.25, 0.3) is 0 Å². The van der Waals surface area contributed by atoms with Crippen molar-refractivity contribution in [3.63, 3.8) is 0 Å². The van der Waals surface area contributed by atoms with Crippen LogP contribution in [-0.2, 0) is 11.3 Å². The molecule has 0 fully saturated rings. The highest BCUT2D eigenvalue weighted by molar-refractivity contribution is 5.52. The fraction of sp³-hybridized carbons (Fsp3) is 0.364. The van der Waals surface area contributed by atoms with E-state index in [0.717, 1.165) is 17.5 Å². The summed E-state index contributed by atoms with van der Waals surface area (Å²) in [6, 6.07) is 4.63. The smallest absolute Gasteiger partial charge is 0.125 e. The number of anilines is 1. The number of carbonyl (C=O) groups excluding carboxylic acids is 1. The second-order valence-corrected chi connectivity index (χ2v) is 3.11. The molecule has 0 amide bonds. The Morgan fingerprint density at radius 3 is 2.40 bits per heavy atom. The van der Waals surface area contributed by atoms with Gasteiger partial charge in [-0.2, -0.15) is 0 Å². The van der Waals surface area contributed by atoms with Gasteiger partial charge in [0.2, 0.25) is 0 Å². The highest BCUT2D eigenvalue weighted by Crippen LogP contribution is 2.18. The fourth-order valence-corrected chi connectivity index (χ4v) is 1.13. The molecule has 0 saturated heterocycles. The van der Waals surface area contributed by atoms with E-state index in [-0.39, 0.29) is 5.82 Å². The van der Waals surface area contributed by atoms with E-state index in [4.69, 9.17) is 10.5 Å². The molecule has 0 atom stereocenters. The molecule has 0 bridgehead atoms. The topological polar surface area (TPSA) is 46.3 Å². The predicted octanol–water partition coefficient (Wildman–Crippen LogP) is 1.56. The van der Waals surface area contributed by atoms with Gasteiger partial charge in [-0.3, -0.25) is 0 Å². The molecule has 2 N–H and O–H groups in total. The molecule has 84 valence electrons. The fourth-order valence-electron chi connectivity index (χ4n) is 1.13. The molecule has 0 spiro atoms. The van der Waals surface area contributed by atoms with Crippen LogP contribution < -0.4 is 10.6 Å². The van der Waals surface area contributed by atoms with E-state index in [1.165, 1.54) is 19.1 Å². The molecule has 0 heterocycles. The number of benzene rings is 1. The summed E-state index contributed by atoms with van der Waals surface area (Å²) in [5.41, 5.74) is 7.29. The number of nitrogens with zero attached hydrogens (tertiary/aromatic N) is 1. The molecule has 0 unspecified atom stereocenters. The molecule has 0 aliphatic carbocycles. The minimum Gasteiger partial charge on any atom is -0.377 e. The molecule has 0 aliphatic heterocycles. The first-order valence-corrected chi connectivity index (χ1v) is 4.62. The van der Waals surface area contributed by atoms with Crippen molar-refractivity contribution in [2.24, 2.45) is 5.73 Å². The molecule has 1 aromatic rings. The van der Waals surface area contributed by atoms with Crippen LogP contribution in [0, 0.1) is 5.82 Å². The lowest BCUT2D eigenvalue weighted by Gasteiger charge is -2.16. The molecule has 1 rings (SSSR count). The summed E-state index contributed by atoms with van der Waals surface area (Å²) in [4.78, 5) is 10.7. The van der Waals surface area contributed by atoms with Crippen LogP contribution in [0.4, 0.5) is 10.1 Å². The van der Waals surface area contributed by atoms with Crippen LogP contribution in [0.15, 0.2) is 18.2 Å². The molecule has 0 aromatic heterocycles. The zero-order valence-electron chi connectivity index (χ0n) is 9.33. The van der Waals surface area contributed by atoms with Crippen LogP contribution in [0.1, 0.15) is 12.5 Å². The molecular formula is C11H17FN2O. The highest BCUT2D eigenvalue weighted by Gasteiger charge is 2.03. The third-order valence-electron chi connectivity index (χ3n) is 1.75. The number of hydrogen-bond acceptors (Lipinski definition) is 3. The summed E-state index contributed by atoms with van der Waals surface area (Å²) in [7, 11) is 3.74. The van der Waals surface area contributed by atoms with Crippen LogP contribution in [0.3, 0.4) is 0 Å². The van der Waals surface area contributed by atoms with Gasteiger partial charge < -0.3 is 15.4 Å². The zero-order valence-corrected chi connectivity index (χ0v) is 9.33. The first-order valence-electron chi connectivity index (χ1n) is 4.62. The number of carbonyl (C=O) groups is 1. The van der Waals surface area contributed by atoms with Crippen molar-refractivity contribution in [1.82, 2.24) is 0 Å². The summed E-state index contributed by atoms with van der Waals surface area (Å²) < 4.78 is 12.8. The predicted molar refractivity (Wildman–Crippen MR) is 60.4 cm³/mol. The molecule has 0 aliphatic rings. The van der Waals surface area contributed by atoms with Crippen LogP contribution in [0.5, 0.6) is 0 Å². The van der Waals surface area contributed by atoms with E-state index in [2.05, 4.69) is 0 Å². The number of halogens is 1. The van der Waals surface area contributed by atoms with Crippen molar-refractivity contribution in [1.29, 1.82) is 0 Å². The maximum Gasteiger partial charge on any atom is 0.125 e. The molecule has 15 heavy (non-hydrogen) atoms. The van der Waals surface area contributed by atoms with Crippen molar-refractivity contribution in [2.75, 3.05) is 19.0 Å². The van der Waals surface area contributed by atoms with Gasteiger partial charge in [-0.05, 0) is 24.6 Å². The minimum absolute atomic E-state index is 0.226. The van der Waals surface area contributed by atoms with Crippen molar-refractivity contribution < 1.29 is 9.18 Å². The van der Waals surface area contributed by atoms with Crippen molar-refractivity contribution in [2.45, 2.75) is 13.5 Å². The summed E-state index contributed by atoms with van der Waals surface area (Å²) in [5.74, 6) is -0.226. The van der Waals surface area contributed by atoms with Gasteiger partial charge in [-0.25, -0.2) is 4.39 Å². The lowest BCUT2D eigenvalue weighted by molar-refractivity contribution is -0.106. The number of hydrogen-bond donors (Lipinski definition) is 1. The molecule has 3 nitrogen and oxygen atoms in total. The number of rotatable bonds is 2. The summed E-state index contributed by atoms with van der Waals surface area (Å²) in [5, 5.41) is 0. The quantitative estimate of drug-likeness (QED) is 0.757. The lowest BCUT2D eigenvalue weighted by atomic mass is 10.1. The van der Waals surface area contributed by atoms with Crippen LogP contribution in [0.25, 0.3) is 0 Å². The molecule has 0 saturated carbocycles. The van der Waals surface area contributed by atoms with E-state index in [0.29, 0.717) is 6.54 Å². The lowest BCUT2D eigenvalue weighted by Crippen LogP contribution is -2.13. The SMILES string of the molecule is CC=O.CN(C)c1cc(F)ccc1CN. The van der Waals surface area contributed by atoms with E-state index < -0.39 is 0 Å². The number of aldehydes is 1. The van der Waals surface area contributed by atoms with Crippen LogP contribution in [0.2, 0.25) is 0 Å². The van der Waals surface area contributed by atoms with Crippen molar-refractivity contribution >= 4 is 12.0 Å². The van der Waals surface area contributed by atoms with Gasteiger partial charge in [0.15, 0.2) is 0 Å². The normalized spacial score (nSPS) is 8.87. The highest BCUT2D eigenvalue weighted by atomic mass is 19.1. The van der Waals surface area contributed by atoms with E-state index >= 15 is 0 Å². The first kappa shape index (κ1) is 13.6.